The molecule has 0 N–H and O–H groups in total. The molecule has 6 heteroatoms. The molecule has 0 saturated carbocycles. The van der Waals surface area contributed by atoms with Crippen LogP contribution in [0, 0.1) is 0 Å². The molecule has 3 heterocycles. The Morgan fingerprint density at radius 3 is 2.75 bits per heavy atom. The third-order valence-corrected chi connectivity index (χ3v) is 3.91. The SMILES string of the molecule is CC(C)c1nc2c(n1C)CCN(c1cncc(Cl)n1)C2. The molecule has 2 aromatic heterocycles. The number of anilines is 1. The zero-order valence-corrected chi connectivity index (χ0v) is 12.7. The van der Waals surface area contributed by atoms with Crippen molar-refractivity contribution in [2.75, 3.05) is 11.4 Å². The Kier molecular flexibility index (Phi) is 3.38. The van der Waals surface area contributed by atoms with Gasteiger partial charge in [0.15, 0.2) is 0 Å². The monoisotopic (exact) mass is 291 g/mol. The molecule has 0 aliphatic carbocycles. The van der Waals surface area contributed by atoms with Crippen molar-refractivity contribution >= 4 is 17.4 Å². The van der Waals surface area contributed by atoms with Gasteiger partial charge in [-0.3, -0.25) is 4.98 Å². The van der Waals surface area contributed by atoms with Crippen molar-refractivity contribution < 1.29 is 0 Å². The van der Waals surface area contributed by atoms with E-state index < -0.39 is 0 Å². The Labute approximate surface area is 123 Å². The summed E-state index contributed by atoms with van der Waals surface area (Å²) in [5.41, 5.74) is 2.48. The number of imidazole rings is 1. The summed E-state index contributed by atoms with van der Waals surface area (Å²) < 4.78 is 2.24. The smallest absolute Gasteiger partial charge is 0.149 e. The van der Waals surface area contributed by atoms with E-state index in [1.54, 1.807) is 12.4 Å². The number of hydrogen-bond donors (Lipinski definition) is 0. The van der Waals surface area contributed by atoms with Gasteiger partial charge in [-0.25, -0.2) is 9.97 Å². The first kappa shape index (κ1) is 13.4. The van der Waals surface area contributed by atoms with Gasteiger partial charge < -0.3 is 9.47 Å². The van der Waals surface area contributed by atoms with E-state index in [4.69, 9.17) is 16.6 Å². The number of halogens is 1. The number of aromatic nitrogens is 4. The van der Waals surface area contributed by atoms with Gasteiger partial charge in [-0.1, -0.05) is 25.4 Å². The summed E-state index contributed by atoms with van der Waals surface area (Å²) in [5, 5.41) is 0.428. The molecular weight excluding hydrogens is 274 g/mol. The van der Waals surface area contributed by atoms with Gasteiger partial charge in [0.1, 0.15) is 16.8 Å². The maximum absolute atomic E-state index is 5.92. The quantitative estimate of drug-likeness (QED) is 0.853. The number of rotatable bonds is 2. The minimum atomic E-state index is 0.428. The van der Waals surface area contributed by atoms with Crippen molar-refractivity contribution in [1.29, 1.82) is 0 Å². The largest absolute Gasteiger partial charge is 0.349 e. The first-order chi connectivity index (χ1) is 9.56. The average molecular weight is 292 g/mol. The summed E-state index contributed by atoms with van der Waals surface area (Å²) in [6.45, 7) is 6.03. The van der Waals surface area contributed by atoms with Crippen molar-refractivity contribution in [3.63, 3.8) is 0 Å². The molecule has 1 aliphatic rings. The van der Waals surface area contributed by atoms with Gasteiger partial charge in [-0.15, -0.1) is 0 Å². The third-order valence-electron chi connectivity index (χ3n) is 3.72. The summed E-state index contributed by atoms with van der Waals surface area (Å²) in [6, 6.07) is 0. The van der Waals surface area contributed by atoms with Crippen LogP contribution in [0.25, 0.3) is 0 Å². The zero-order chi connectivity index (χ0) is 14.3. The first-order valence-corrected chi connectivity index (χ1v) is 7.21. The molecule has 3 rings (SSSR count). The molecule has 106 valence electrons. The van der Waals surface area contributed by atoms with E-state index in [1.165, 1.54) is 5.69 Å². The highest BCUT2D eigenvalue weighted by Gasteiger charge is 2.24. The van der Waals surface area contributed by atoms with E-state index in [0.717, 1.165) is 36.8 Å². The standard InChI is InChI=1S/C14H18ClN5/c1-9(2)14-17-10-8-20(5-4-11(10)19(14)3)13-7-16-6-12(15)18-13/h6-7,9H,4-5,8H2,1-3H3. The first-order valence-electron chi connectivity index (χ1n) is 6.83. The third kappa shape index (κ3) is 2.26. The molecule has 0 bridgehead atoms. The lowest BCUT2D eigenvalue weighted by Gasteiger charge is -2.27. The second kappa shape index (κ2) is 5.05. The molecule has 0 aromatic carbocycles. The van der Waals surface area contributed by atoms with Crippen molar-refractivity contribution in [2.24, 2.45) is 7.05 Å². The molecule has 0 fully saturated rings. The average Bonchev–Trinajstić information content (AvgIpc) is 2.76. The number of hydrogen-bond acceptors (Lipinski definition) is 4. The van der Waals surface area contributed by atoms with E-state index >= 15 is 0 Å². The summed E-state index contributed by atoms with van der Waals surface area (Å²) in [5.74, 6) is 2.40. The van der Waals surface area contributed by atoms with Crippen LogP contribution in [-0.4, -0.2) is 26.1 Å². The Bertz CT molecular complexity index is 634. The molecule has 0 saturated heterocycles. The van der Waals surface area contributed by atoms with Crippen molar-refractivity contribution in [3.05, 3.63) is 34.8 Å². The molecule has 5 nitrogen and oxygen atoms in total. The highest BCUT2D eigenvalue weighted by Crippen LogP contribution is 2.25. The molecular formula is C14H18ClN5. The number of nitrogens with zero attached hydrogens (tertiary/aromatic N) is 5. The van der Waals surface area contributed by atoms with Crippen LogP contribution in [0.4, 0.5) is 5.82 Å². The molecule has 1 aliphatic heterocycles. The van der Waals surface area contributed by atoms with Crippen LogP contribution in [-0.2, 0) is 20.0 Å². The van der Waals surface area contributed by atoms with Gasteiger partial charge in [0.2, 0.25) is 0 Å². The predicted molar refractivity (Wildman–Crippen MR) is 79.1 cm³/mol. The molecule has 0 unspecified atom stereocenters. The van der Waals surface area contributed by atoms with Crippen LogP contribution in [0.1, 0.15) is 37.0 Å². The van der Waals surface area contributed by atoms with Crippen LogP contribution < -0.4 is 4.90 Å². The molecule has 20 heavy (non-hydrogen) atoms. The normalized spacial score (nSPS) is 14.8. The van der Waals surface area contributed by atoms with E-state index in [-0.39, 0.29) is 0 Å². The van der Waals surface area contributed by atoms with Gasteiger partial charge in [0.05, 0.1) is 24.6 Å². The van der Waals surface area contributed by atoms with Gasteiger partial charge in [0, 0.05) is 31.6 Å². The van der Waals surface area contributed by atoms with E-state index in [0.29, 0.717) is 11.1 Å². The predicted octanol–water partition coefficient (Wildman–Crippen LogP) is 2.55. The molecule has 0 amide bonds. The minimum Gasteiger partial charge on any atom is -0.349 e. The summed E-state index contributed by atoms with van der Waals surface area (Å²) in [7, 11) is 2.11. The highest BCUT2D eigenvalue weighted by atomic mass is 35.5. The summed E-state index contributed by atoms with van der Waals surface area (Å²) in [4.78, 5) is 15.4. The lowest BCUT2D eigenvalue weighted by atomic mass is 10.1. The van der Waals surface area contributed by atoms with E-state index in [9.17, 15) is 0 Å². The molecule has 0 spiro atoms. The lowest BCUT2D eigenvalue weighted by Crippen LogP contribution is -2.31. The van der Waals surface area contributed by atoms with Gasteiger partial charge in [-0.2, -0.15) is 0 Å². The maximum Gasteiger partial charge on any atom is 0.149 e. The van der Waals surface area contributed by atoms with Crippen LogP contribution >= 0.6 is 11.6 Å². The second-order valence-corrected chi connectivity index (χ2v) is 5.84. The number of fused-ring (bicyclic) bond motifs is 1. The molecule has 0 radical (unpaired) electrons. The van der Waals surface area contributed by atoms with Crippen LogP contribution in [0.3, 0.4) is 0 Å². The molecule has 0 atom stereocenters. The van der Waals surface area contributed by atoms with Crippen molar-refractivity contribution in [3.8, 4) is 0 Å². The topological polar surface area (TPSA) is 46.8 Å². The Morgan fingerprint density at radius 2 is 2.05 bits per heavy atom. The summed E-state index contributed by atoms with van der Waals surface area (Å²) in [6.07, 6.45) is 4.28. The fraction of sp³-hybridized carbons (Fsp3) is 0.500. The van der Waals surface area contributed by atoms with Crippen LogP contribution in [0.2, 0.25) is 5.15 Å². The van der Waals surface area contributed by atoms with Crippen LogP contribution in [0.15, 0.2) is 12.4 Å². The molecule has 2 aromatic rings. The van der Waals surface area contributed by atoms with Crippen molar-refractivity contribution in [1.82, 2.24) is 19.5 Å². The van der Waals surface area contributed by atoms with E-state index in [1.807, 2.05) is 0 Å². The lowest BCUT2D eigenvalue weighted by molar-refractivity contribution is 0.658. The van der Waals surface area contributed by atoms with Crippen molar-refractivity contribution in [2.45, 2.75) is 32.7 Å². The summed E-state index contributed by atoms with van der Waals surface area (Å²) >= 11 is 5.92. The van der Waals surface area contributed by atoms with Crippen LogP contribution in [0.5, 0.6) is 0 Å². The Morgan fingerprint density at radius 1 is 1.25 bits per heavy atom. The van der Waals surface area contributed by atoms with Gasteiger partial charge in [0.25, 0.3) is 0 Å². The Balaban J connectivity index is 1.91. The zero-order valence-electron chi connectivity index (χ0n) is 12.0. The Hall–Kier alpha value is -1.62. The fourth-order valence-electron chi connectivity index (χ4n) is 2.75. The highest BCUT2D eigenvalue weighted by molar-refractivity contribution is 6.29. The van der Waals surface area contributed by atoms with E-state index in [2.05, 4.69) is 40.3 Å². The van der Waals surface area contributed by atoms with Gasteiger partial charge >= 0.3 is 0 Å². The van der Waals surface area contributed by atoms with Gasteiger partial charge in [-0.05, 0) is 0 Å². The fourth-order valence-corrected chi connectivity index (χ4v) is 2.89. The second-order valence-electron chi connectivity index (χ2n) is 5.45. The minimum absolute atomic E-state index is 0.428. The maximum atomic E-state index is 5.92.